The molecule has 1 unspecified atom stereocenters. The molecule has 25 heavy (non-hydrogen) atoms. The molecule has 2 N–H and O–H groups in total. The molecule has 0 aromatic carbocycles. The zero-order valence-corrected chi connectivity index (χ0v) is 15.4. The maximum absolute atomic E-state index is 12.1. The first-order valence-corrected chi connectivity index (χ1v) is 9.74. The zero-order chi connectivity index (χ0) is 17.5. The van der Waals surface area contributed by atoms with Crippen LogP contribution >= 0.6 is 0 Å². The Morgan fingerprint density at radius 3 is 2.68 bits per heavy atom. The summed E-state index contributed by atoms with van der Waals surface area (Å²) in [7, 11) is 0. The Balaban J connectivity index is 1.38. The molecule has 0 spiro atoms. The van der Waals surface area contributed by atoms with Gasteiger partial charge < -0.3 is 20.0 Å². The van der Waals surface area contributed by atoms with E-state index in [-0.39, 0.29) is 12.1 Å². The fraction of sp³-hybridized carbons (Fsp3) is 0.737. The number of furan rings is 1. The van der Waals surface area contributed by atoms with Crippen LogP contribution in [0.2, 0.25) is 0 Å². The van der Waals surface area contributed by atoms with Crippen molar-refractivity contribution in [1.29, 1.82) is 0 Å². The molecule has 3 rings (SSSR count). The van der Waals surface area contributed by atoms with E-state index in [0.29, 0.717) is 13.1 Å². The van der Waals surface area contributed by atoms with Crippen molar-refractivity contribution in [3.63, 3.8) is 0 Å². The molecule has 1 aromatic heterocycles. The molecule has 1 atom stereocenters. The van der Waals surface area contributed by atoms with Crippen LogP contribution in [0.1, 0.15) is 44.4 Å². The Hall–Kier alpha value is -1.53. The van der Waals surface area contributed by atoms with Gasteiger partial charge in [-0.05, 0) is 69.9 Å². The first-order valence-electron chi connectivity index (χ1n) is 9.74. The predicted molar refractivity (Wildman–Crippen MR) is 98.5 cm³/mol. The molecule has 0 aliphatic carbocycles. The number of amides is 2. The minimum Gasteiger partial charge on any atom is -0.468 e. The Kier molecular flexibility index (Phi) is 6.76. The van der Waals surface area contributed by atoms with Crippen molar-refractivity contribution < 1.29 is 9.21 Å². The minimum atomic E-state index is -0.0823. The van der Waals surface area contributed by atoms with E-state index in [1.54, 1.807) is 6.26 Å². The van der Waals surface area contributed by atoms with Gasteiger partial charge in [0.1, 0.15) is 5.76 Å². The van der Waals surface area contributed by atoms with Crippen molar-refractivity contribution in [3.05, 3.63) is 24.2 Å². The number of nitrogens with zero attached hydrogens (tertiary/aromatic N) is 2. The highest BCUT2D eigenvalue weighted by molar-refractivity contribution is 5.73. The van der Waals surface area contributed by atoms with Crippen molar-refractivity contribution in [3.8, 4) is 0 Å². The lowest BCUT2D eigenvalue weighted by Crippen LogP contribution is -2.44. The quantitative estimate of drug-likeness (QED) is 0.795. The van der Waals surface area contributed by atoms with Crippen molar-refractivity contribution in [1.82, 2.24) is 20.4 Å². The number of carbonyl (C=O) groups is 1. The Bertz CT molecular complexity index is 506. The van der Waals surface area contributed by atoms with Crippen LogP contribution < -0.4 is 10.6 Å². The van der Waals surface area contributed by atoms with Crippen LogP contribution in [0.5, 0.6) is 0 Å². The summed E-state index contributed by atoms with van der Waals surface area (Å²) in [5, 5.41) is 6.01. The largest absolute Gasteiger partial charge is 0.468 e. The summed E-state index contributed by atoms with van der Waals surface area (Å²) in [6.45, 7) is 8.99. The van der Waals surface area contributed by atoms with Gasteiger partial charge in [-0.2, -0.15) is 0 Å². The zero-order valence-electron chi connectivity index (χ0n) is 15.4. The maximum atomic E-state index is 12.1. The van der Waals surface area contributed by atoms with E-state index in [1.165, 1.54) is 25.7 Å². The number of hydrogen-bond donors (Lipinski definition) is 2. The van der Waals surface area contributed by atoms with E-state index in [9.17, 15) is 4.79 Å². The summed E-state index contributed by atoms with van der Waals surface area (Å²) >= 11 is 0. The van der Waals surface area contributed by atoms with Crippen LogP contribution in [0.25, 0.3) is 0 Å². The van der Waals surface area contributed by atoms with Crippen LogP contribution in [0.4, 0.5) is 4.79 Å². The molecule has 2 aliphatic rings. The SMILES string of the molecule is CC1CCN(CCNC(=O)NCC(c2ccco2)N2CCCC2)CC1. The van der Waals surface area contributed by atoms with Gasteiger partial charge in [-0.3, -0.25) is 4.90 Å². The number of nitrogens with one attached hydrogen (secondary N) is 2. The first kappa shape index (κ1) is 18.3. The van der Waals surface area contributed by atoms with Crippen LogP contribution in [0, 0.1) is 5.92 Å². The van der Waals surface area contributed by atoms with Crippen molar-refractivity contribution in [2.75, 3.05) is 45.8 Å². The molecule has 0 saturated carbocycles. The first-order chi connectivity index (χ1) is 12.2. The number of carbonyl (C=O) groups excluding carboxylic acids is 1. The highest BCUT2D eigenvalue weighted by Gasteiger charge is 2.25. The lowest BCUT2D eigenvalue weighted by molar-refractivity contribution is 0.189. The lowest BCUT2D eigenvalue weighted by atomic mass is 9.99. The maximum Gasteiger partial charge on any atom is 0.314 e. The molecule has 6 nitrogen and oxygen atoms in total. The second-order valence-corrected chi connectivity index (χ2v) is 7.44. The van der Waals surface area contributed by atoms with E-state index < -0.39 is 0 Å². The van der Waals surface area contributed by atoms with Gasteiger partial charge in [0.25, 0.3) is 0 Å². The standard InChI is InChI=1S/C19H32N4O2/c1-16-6-11-22(12-7-16)13-8-20-19(24)21-15-17(18-5-4-14-25-18)23-9-2-3-10-23/h4-5,14,16-17H,2-3,6-13,15H2,1H3,(H2,20,21,24). The second kappa shape index (κ2) is 9.25. The third-order valence-corrected chi connectivity index (χ3v) is 5.50. The summed E-state index contributed by atoms with van der Waals surface area (Å²) < 4.78 is 5.59. The summed E-state index contributed by atoms with van der Waals surface area (Å²) in [6.07, 6.45) is 6.69. The fourth-order valence-corrected chi connectivity index (χ4v) is 3.81. The van der Waals surface area contributed by atoms with Crippen LogP contribution in [0.3, 0.4) is 0 Å². The average molecular weight is 348 g/mol. The molecular formula is C19H32N4O2. The molecule has 0 bridgehead atoms. The van der Waals surface area contributed by atoms with Gasteiger partial charge in [-0.15, -0.1) is 0 Å². The van der Waals surface area contributed by atoms with Crippen molar-refractivity contribution in [2.45, 2.75) is 38.6 Å². The topological polar surface area (TPSA) is 60.8 Å². The van der Waals surface area contributed by atoms with Gasteiger partial charge in [-0.25, -0.2) is 4.79 Å². The summed E-state index contributed by atoms with van der Waals surface area (Å²) in [5.74, 6) is 1.78. The number of urea groups is 1. The molecule has 2 aliphatic heterocycles. The smallest absolute Gasteiger partial charge is 0.314 e. The highest BCUT2D eigenvalue weighted by Crippen LogP contribution is 2.24. The molecule has 2 saturated heterocycles. The van der Waals surface area contributed by atoms with Gasteiger partial charge in [0.05, 0.1) is 12.3 Å². The van der Waals surface area contributed by atoms with Crippen LogP contribution in [-0.4, -0.2) is 61.6 Å². The minimum absolute atomic E-state index is 0.0823. The third-order valence-electron chi connectivity index (χ3n) is 5.50. The van der Waals surface area contributed by atoms with E-state index in [1.807, 2.05) is 12.1 Å². The van der Waals surface area contributed by atoms with Gasteiger partial charge in [0, 0.05) is 19.6 Å². The normalized spacial score (nSPS) is 21.3. The molecule has 6 heteroatoms. The molecular weight excluding hydrogens is 316 g/mol. The molecule has 3 heterocycles. The molecule has 0 radical (unpaired) electrons. The van der Waals surface area contributed by atoms with Crippen molar-refractivity contribution >= 4 is 6.03 Å². The van der Waals surface area contributed by atoms with Crippen LogP contribution in [0.15, 0.2) is 22.8 Å². The average Bonchev–Trinajstić information content (AvgIpc) is 3.31. The Morgan fingerprint density at radius 1 is 1.24 bits per heavy atom. The fourth-order valence-electron chi connectivity index (χ4n) is 3.81. The van der Waals surface area contributed by atoms with E-state index in [0.717, 1.165) is 44.4 Å². The van der Waals surface area contributed by atoms with Gasteiger partial charge in [0.2, 0.25) is 0 Å². The molecule has 1 aromatic rings. The summed E-state index contributed by atoms with van der Waals surface area (Å²) in [5.41, 5.74) is 0. The predicted octanol–water partition coefficient (Wildman–Crippen LogP) is 2.45. The summed E-state index contributed by atoms with van der Waals surface area (Å²) in [6, 6.07) is 3.96. The summed E-state index contributed by atoms with van der Waals surface area (Å²) in [4.78, 5) is 17.0. The Morgan fingerprint density at radius 2 is 2.00 bits per heavy atom. The number of hydrogen-bond acceptors (Lipinski definition) is 4. The molecule has 2 fully saturated rings. The molecule has 2 amide bonds. The van der Waals surface area contributed by atoms with Gasteiger partial charge in [0.15, 0.2) is 0 Å². The van der Waals surface area contributed by atoms with Crippen LogP contribution in [-0.2, 0) is 0 Å². The van der Waals surface area contributed by atoms with Crippen molar-refractivity contribution in [2.24, 2.45) is 5.92 Å². The number of piperidine rings is 1. The third kappa shape index (κ3) is 5.47. The van der Waals surface area contributed by atoms with Gasteiger partial charge in [-0.1, -0.05) is 6.92 Å². The van der Waals surface area contributed by atoms with Gasteiger partial charge >= 0.3 is 6.03 Å². The van der Waals surface area contributed by atoms with E-state index in [4.69, 9.17) is 4.42 Å². The van der Waals surface area contributed by atoms with E-state index in [2.05, 4.69) is 27.4 Å². The number of rotatable bonds is 7. The highest BCUT2D eigenvalue weighted by atomic mass is 16.3. The van der Waals surface area contributed by atoms with E-state index >= 15 is 0 Å². The number of likely N-dealkylation sites (tertiary alicyclic amines) is 2. The monoisotopic (exact) mass is 348 g/mol. The lowest BCUT2D eigenvalue weighted by Gasteiger charge is -2.30. The Labute approximate surface area is 150 Å². The second-order valence-electron chi connectivity index (χ2n) is 7.44. The molecule has 140 valence electrons.